The Balaban J connectivity index is 2.48. The molecule has 1 rings (SSSR count). The van der Waals surface area contributed by atoms with E-state index in [2.05, 4.69) is 27.7 Å². The van der Waals surface area contributed by atoms with Crippen molar-refractivity contribution >= 4 is 0 Å². The van der Waals surface area contributed by atoms with Crippen LogP contribution in [-0.4, -0.2) is 0 Å². The Kier molecular flexibility index (Phi) is 5.71. The molecule has 0 amide bonds. The summed E-state index contributed by atoms with van der Waals surface area (Å²) in [5.41, 5.74) is 0. The maximum Gasteiger partial charge on any atom is -0.0358 e. The van der Waals surface area contributed by atoms with Crippen LogP contribution < -0.4 is 0 Å². The standard InChI is InChI=1S/C15H30/c1-5-7-8-14(6-2)15-11-12(3)9-10-13(15)4/h12-15H,5-11H2,1-4H3. The quantitative estimate of drug-likeness (QED) is 0.579. The van der Waals surface area contributed by atoms with Gasteiger partial charge in [0.05, 0.1) is 0 Å². The van der Waals surface area contributed by atoms with E-state index in [4.69, 9.17) is 0 Å². The summed E-state index contributed by atoms with van der Waals surface area (Å²) in [6.07, 6.45) is 10.2. The second kappa shape index (κ2) is 6.55. The second-order valence-electron chi connectivity index (χ2n) is 5.87. The Labute approximate surface area is 96.8 Å². The number of unbranched alkanes of at least 4 members (excludes halogenated alkanes) is 1. The average molecular weight is 210 g/mol. The Morgan fingerprint density at radius 2 is 1.87 bits per heavy atom. The molecular formula is C15H30. The molecule has 0 aliphatic heterocycles. The van der Waals surface area contributed by atoms with Crippen LogP contribution in [0.2, 0.25) is 0 Å². The van der Waals surface area contributed by atoms with Crippen LogP contribution in [0.4, 0.5) is 0 Å². The SMILES string of the molecule is CCCCC(CC)C1CC(C)CCC1C. The largest absolute Gasteiger partial charge is 0.0654 e. The van der Waals surface area contributed by atoms with Crippen LogP contribution >= 0.6 is 0 Å². The summed E-state index contributed by atoms with van der Waals surface area (Å²) >= 11 is 0. The van der Waals surface area contributed by atoms with Crippen LogP contribution in [0.25, 0.3) is 0 Å². The van der Waals surface area contributed by atoms with E-state index < -0.39 is 0 Å². The monoisotopic (exact) mass is 210 g/mol. The Bertz CT molecular complexity index is 161. The molecule has 1 aliphatic rings. The van der Waals surface area contributed by atoms with E-state index in [-0.39, 0.29) is 0 Å². The van der Waals surface area contributed by atoms with Gasteiger partial charge >= 0.3 is 0 Å². The first-order valence-electron chi connectivity index (χ1n) is 7.19. The predicted octanol–water partition coefficient (Wildman–Crippen LogP) is 5.28. The molecule has 0 aromatic carbocycles. The molecule has 4 unspecified atom stereocenters. The maximum absolute atomic E-state index is 2.49. The molecule has 0 spiro atoms. The lowest BCUT2D eigenvalue weighted by atomic mass is 9.68. The van der Waals surface area contributed by atoms with Crippen molar-refractivity contribution in [1.82, 2.24) is 0 Å². The summed E-state index contributed by atoms with van der Waals surface area (Å²) in [7, 11) is 0. The molecule has 0 aromatic heterocycles. The van der Waals surface area contributed by atoms with Gasteiger partial charge in [0.2, 0.25) is 0 Å². The van der Waals surface area contributed by atoms with E-state index in [0.717, 1.165) is 23.7 Å². The van der Waals surface area contributed by atoms with Crippen molar-refractivity contribution in [2.24, 2.45) is 23.7 Å². The molecule has 0 nitrogen and oxygen atoms in total. The van der Waals surface area contributed by atoms with Crippen molar-refractivity contribution in [3.05, 3.63) is 0 Å². The highest BCUT2D eigenvalue weighted by Crippen LogP contribution is 2.40. The summed E-state index contributed by atoms with van der Waals surface area (Å²) in [6.45, 7) is 9.66. The second-order valence-corrected chi connectivity index (χ2v) is 5.87. The fourth-order valence-electron chi connectivity index (χ4n) is 3.42. The van der Waals surface area contributed by atoms with Gasteiger partial charge in [-0.3, -0.25) is 0 Å². The number of hydrogen-bond donors (Lipinski definition) is 0. The first-order chi connectivity index (χ1) is 7.19. The van der Waals surface area contributed by atoms with Gasteiger partial charge in [-0.1, -0.05) is 66.2 Å². The zero-order valence-electron chi connectivity index (χ0n) is 11.3. The molecule has 90 valence electrons. The van der Waals surface area contributed by atoms with Gasteiger partial charge < -0.3 is 0 Å². The van der Waals surface area contributed by atoms with Gasteiger partial charge in [0.25, 0.3) is 0 Å². The third kappa shape index (κ3) is 3.81. The van der Waals surface area contributed by atoms with Crippen molar-refractivity contribution in [2.75, 3.05) is 0 Å². The van der Waals surface area contributed by atoms with E-state index in [1.807, 2.05) is 0 Å². The van der Waals surface area contributed by atoms with E-state index in [1.54, 1.807) is 0 Å². The maximum atomic E-state index is 2.49. The van der Waals surface area contributed by atoms with E-state index in [9.17, 15) is 0 Å². The van der Waals surface area contributed by atoms with E-state index in [1.165, 1.54) is 44.9 Å². The Morgan fingerprint density at radius 3 is 2.47 bits per heavy atom. The highest BCUT2D eigenvalue weighted by Gasteiger charge is 2.30. The molecule has 0 aromatic rings. The molecule has 1 saturated carbocycles. The number of rotatable bonds is 5. The molecule has 0 N–H and O–H groups in total. The third-order valence-corrected chi connectivity index (χ3v) is 4.58. The molecule has 15 heavy (non-hydrogen) atoms. The van der Waals surface area contributed by atoms with Gasteiger partial charge in [-0.25, -0.2) is 0 Å². The highest BCUT2D eigenvalue weighted by molar-refractivity contribution is 4.80. The third-order valence-electron chi connectivity index (χ3n) is 4.58. The lowest BCUT2D eigenvalue weighted by molar-refractivity contribution is 0.127. The first kappa shape index (κ1) is 13.1. The fraction of sp³-hybridized carbons (Fsp3) is 1.00. The summed E-state index contributed by atoms with van der Waals surface area (Å²) in [5, 5.41) is 0. The van der Waals surface area contributed by atoms with Gasteiger partial charge in [0, 0.05) is 0 Å². The summed E-state index contributed by atoms with van der Waals surface area (Å²) in [5.74, 6) is 4.03. The molecule has 0 radical (unpaired) electrons. The molecule has 1 fully saturated rings. The minimum atomic E-state index is 0.988. The van der Waals surface area contributed by atoms with E-state index >= 15 is 0 Å². The predicted molar refractivity (Wildman–Crippen MR) is 69.0 cm³/mol. The smallest absolute Gasteiger partial charge is 0.0358 e. The minimum Gasteiger partial charge on any atom is -0.0654 e. The van der Waals surface area contributed by atoms with Gasteiger partial charge in [-0.2, -0.15) is 0 Å². The van der Waals surface area contributed by atoms with Crippen LogP contribution in [0.5, 0.6) is 0 Å². The highest BCUT2D eigenvalue weighted by atomic mass is 14.4. The van der Waals surface area contributed by atoms with Crippen molar-refractivity contribution in [1.29, 1.82) is 0 Å². The lowest BCUT2D eigenvalue weighted by Crippen LogP contribution is -2.28. The molecular weight excluding hydrogens is 180 g/mol. The topological polar surface area (TPSA) is 0 Å². The van der Waals surface area contributed by atoms with Crippen molar-refractivity contribution in [3.8, 4) is 0 Å². The van der Waals surface area contributed by atoms with Crippen molar-refractivity contribution in [2.45, 2.75) is 72.6 Å². The Morgan fingerprint density at radius 1 is 1.13 bits per heavy atom. The van der Waals surface area contributed by atoms with Crippen LogP contribution in [0, 0.1) is 23.7 Å². The van der Waals surface area contributed by atoms with Gasteiger partial charge in [-0.15, -0.1) is 0 Å². The fourth-order valence-corrected chi connectivity index (χ4v) is 3.42. The molecule has 0 heteroatoms. The first-order valence-corrected chi connectivity index (χ1v) is 7.19. The molecule has 0 bridgehead atoms. The zero-order chi connectivity index (χ0) is 11.3. The summed E-state index contributed by atoms with van der Waals surface area (Å²) < 4.78 is 0. The molecule has 1 aliphatic carbocycles. The summed E-state index contributed by atoms with van der Waals surface area (Å²) in [4.78, 5) is 0. The van der Waals surface area contributed by atoms with Crippen LogP contribution in [0.3, 0.4) is 0 Å². The molecule has 0 saturated heterocycles. The van der Waals surface area contributed by atoms with Crippen molar-refractivity contribution < 1.29 is 0 Å². The molecule has 4 atom stereocenters. The lowest BCUT2D eigenvalue weighted by Gasteiger charge is -2.38. The normalized spacial score (nSPS) is 34.0. The van der Waals surface area contributed by atoms with Crippen LogP contribution in [0.15, 0.2) is 0 Å². The van der Waals surface area contributed by atoms with E-state index in [0.29, 0.717) is 0 Å². The van der Waals surface area contributed by atoms with Crippen molar-refractivity contribution in [3.63, 3.8) is 0 Å². The van der Waals surface area contributed by atoms with Gasteiger partial charge in [0.15, 0.2) is 0 Å². The zero-order valence-corrected chi connectivity index (χ0v) is 11.3. The van der Waals surface area contributed by atoms with Crippen LogP contribution in [0.1, 0.15) is 72.6 Å². The Hall–Kier alpha value is 0. The number of hydrogen-bond acceptors (Lipinski definition) is 0. The average Bonchev–Trinajstić information content (AvgIpc) is 2.24. The summed E-state index contributed by atoms with van der Waals surface area (Å²) in [6, 6.07) is 0. The van der Waals surface area contributed by atoms with Gasteiger partial charge in [0.1, 0.15) is 0 Å². The minimum absolute atomic E-state index is 0.988. The molecule has 0 heterocycles. The van der Waals surface area contributed by atoms with Crippen LogP contribution in [-0.2, 0) is 0 Å². The van der Waals surface area contributed by atoms with Gasteiger partial charge in [-0.05, 0) is 30.1 Å².